The van der Waals surface area contributed by atoms with Gasteiger partial charge in [0, 0.05) is 24.7 Å². The van der Waals surface area contributed by atoms with Crippen LogP contribution in [0.4, 0.5) is 0 Å². The molecule has 168 valence electrons. The van der Waals surface area contributed by atoms with Gasteiger partial charge in [0.25, 0.3) is 5.91 Å². The molecule has 32 heavy (non-hydrogen) atoms. The molecule has 0 spiro atoms. The topological polar surface area (TPSA) is 108 Å². The van der Waals surface area contributed by atoms with Gasteiger partial charge in [0.15, 0.2) is 0 Å². The van der Waals surface area contributed by atoms with E-state index in [0.29, 0.717) is 28.9 Å². The number of fused-ring (bicyclic) bond motifs is 1. The van der Waals surface area contributed by atoms with Crippen molar-refractivity contribution >= 4 is 5.91 Å². The van der Waals surface area contributed by atoms with Crippen molar-refractivity contribution in [1.82, 2.24) is 15.8 Å². The summed E-state index contributed by atoms with van der Waals surface area (Å²) in [6.45, 7) is 8.12. The fourth-order valence-electron chi connectivity index (χ4n) is 4.09. The van der Waals surface area contributed by atoms with Gasteiger partial charge < -0.3 is 25.4 Å². The second-order valence-electron chi connectivity index (χ2n) is 8.48. The Balaban J connectivity index is 1.91. The van der Waals surface area contributed by atoms with Crippen molar-refractivity contribution in [2.75, 3.05) is 13.1 Å². The second kappa shape index (κ2) is 9.04. The van der Waals surface area contributed by atoms with Crippen LogP contribution in [0.25, 0.3) is 22.4 Å². The molecule has 0 unspecified atom stereocenters. The molecular formula is C25H29N3O4. The average Bonchev–Trinajstić information content (AvgIpc) is 3.22. The number of carbonyl (C=O) groups is 1. The summed E-state index contributed by atoms with van der Waals surface area (Å²) in [5, 5.41) is 31.3. The minimum Gasteiger partial charge on any atom is -0.508 e. The molecule has 7 nitrogen and oxygen atoms in total. The standard InChI is InChI=1S/C25H29N3O4/c1-4-8-27-25(31)24-22(16-5-6-17-13-26-9-7-15(17)10-16)23(28-32-24)19-11-18(14(2)3)20(29)12-21(19)30/h5-6,10-12,14,26,29-30H,4,7-9,13H2,1-3H3,(H,27,31). The highest BCUT2D eigenvalue weighted by Crippen LogP contribution is 2.42. The lowest BCUT2D eigenvalue weighted by Gasteiger charge is -2.18. The number of aromatic hydroxyl groups is 2. The van der Waals surface area contributed by atoms with Gasteiger partial charge >= 0.3 is 0 Å². The zero-order valence-corrected chi connectivity index (χ0v) is 18.7. The van der Waals surface area contributed by atoms with Gasteiger partial charge in [-0.2, -0.15) is 0 Å². The predicted octanol–water partition coefficient (Wildman–Crippen LogP) is 4.33. The molecule has 0 radical (unpaired) electrons. The largest absolute Gasteiger partial charge is 0.508 e. The second-order valence-corrected chi connectivity index (χ2v) is 8.48. The third-order valence-corrected chi connectivity index (χ3v) is 5.84. The smallest absolute Gasteiger partial charge is 0.290 e. The molecular weight excluding hydrogens is 406 g/mol. The third-order valence-electron chi connectivity index (χ3n) is 5.84. The monoisotopic (exact) mass is 435 g/mol. The minimum atomic E-state index is -0.345. The van der Waals surface area contributed by atoms with Crippen molar-refractivity contribution in [3.63, 3.8) is 0 Å². The van der Waals surface area contributed by atoms with E-state index in [-0.39, 0.29) is 29.1 Å². The molecule has 0 bridgehead atoms. The Morgan fingerprint density at radius 1 is 1.19 bits per heavy atom. The molecule has 2 heterocycles. The molecule has 2 aromatic carbocycles. The Hall–Kier alpha value is -3.32. The molecule has 0 aliphatic carbocycles. The van der Waals surface area contributed by atoms with Crippen molar-refractivity contribution in [2.24, 2.45) is 0 Å². The number of hydrogen-bond acceptors (Lipinski definition) is 6. The highest BCUT2D eigenvalue weighted by atomic mass is 16.5. The predicted molar refractivity (Wildman–Crippen MR) is 123 cm³/mol. The van der Waals surface area contributed by atoms with Crippen molar-refractivity contribution < 1.29 is 19.5 Å². The molecule has 3 aromatic rings. The molecule has 0 atom stereocenters. The van der Waals surface area contributed by atoms with Crippen LogP contribution >= 0.6 is 0 Å². The number of rotatable bonds is 6. The molecule has 0 saturated carbocycles. The first-order chi connectivity index (χ1) is 15.4. The quantitative estimate of drug-likeness (QED) is 0.459. The van der Waals surface area contributed by atoms with Crippen LogP contribution in [-0.4, -0.2) is 34.4 Å². The van der Waals surface area contributed by atoms with E-state index < -0.39 is 0 Å². The number of aromatic nitrogens is 1. The summed E-state index contributed by atoms with van der Waals surface area (Å²) in [5.41, 5.74) is 5.26. The number of nitrogens with one attached hydrogen (secondary N) is 2. The van der Waals surface area contributed by atoms with Crippen LogP contribution in [0.15, 0.2) is 34.9 Å². The molecule has 0 fully saturated rings. The number of benzene rings is 2. The number of phenols is 2. The van der Waals surface area contributed by atoms with Crippen molar-refractivity contribution in [3.05, 3.63) is 52.8 Å². The van der Waals surface area contributed by atoms with Gasteiger partial charge in [-0.1, -0.05) is 44.1 Å². The average molecular weight is 436 g/mol. The van der Waals surface area contributed by atoms with Crippen molar-refractivity contribution in [2.45, 2.75) is 46.1 Å². The summed E-state index contributed by atoms with van der Waals surface area (Å²) in [6.07, 6.45) is 1.69. The number of nitrogens with zero attached hydrogens (tertiary/aromatic N) is 1. The lowest BCUT2D eigenvalue weighted by atomic mass is 9.91. The molecule has 1 aliphatic heterocycles. The van der Waals surface area contributed by atoms with E-state index in [0.717, 1.165) is 31.5 Å². The summed E-state index contributed by atoms with van der Waals surface area (Å²) < 4.78 is 5.55. The SMILES string of the molecule is CCCNC(=O)c1onc(-c2cc(C(C)C)c(O)cc2O)c1-c1ccc2c(c1)CCNC2. The zero-order chi connectivity index (χ0) is 22.8. The van der Waals surface area contributed by atoms with E-state index in [2.05, 4.69) is 27.9 Å². The molecule has 7 heteroatoms. The number of phenolic OH excluding ortho intramolecular Hbond substituents is 2. The summed E-state index contributed by atoms with van der Waals surface area (Å²) >= 11 is 0. The summed E-state index contributed by atoms with van der Waals surface area (Å²) in [6, 6.07) is 9.12. The van der Waals surface area contributed by atoms with E-state index in [1.165, 1.54) is 17.2 Å². The maximum Gasteiger partial charge on any atom is 0.290 e. The van der Waals surface area contributed by atoms with E-state index in [1.54, 1.807) is 6.07 Å². The third kappa shape index (κ3) is 4.08. The first-order valence-corrected chi connectivity index (χ1v) is 11.1. The highest BCUT2D eigenvalue weighted by molar-refractivity contribution is 6.02. The lowest BCUT2D eigenvalue weighted by Crippen LogP contribution is -2.24. The van der Waals surface area contributed by atoms with E-state index >= 15 is 0 Å². The number of hydrogen-bond donors (Lipinski definition) is 4. The van der Waals surface area contributed by atoms with Crippen LogP contribution in [0.3, 0.4) is 0 Å². The molecule has 0 saturated heterocycles. The minimum absolute atomic E-state index is 0.0217. The number of carbonyl (C=O) groups excluding carboxylic acids is 1. The van der Waals surface area contributed by atoms with Crippen LogP contribution in [0.2, 0.25) is 0 Å². The Bertz CT molecular complexity index is 1150. The highest BCUT2D eigenvalue weighted by Gasteiger charge is 2.27. The molecule has 4 rings (SSSR count). The van der Waals surface area contributed by atoms with Gasteiger partial charge in [0.1, 0.15) is 17.2 Å². The lowest BCUT2D eigenvalue weighted by molar-refractivity contribution is 0.0918. The van der Waals surface area contributed by atoms with Crippen LogP contribution in [0, 0.1) is 0 Å². The van der Waals surface area contributed by atoms with Gasteiger partial charge in [0.2, 0.25) is 5.76 Å². The normalized spacial score (nSPS) is 13.2. The first kappa shape index (κ1) is 21.9. The van der Waals surface area contributed by atoms with Gasteiger partial charge in [0.05, 0.1) is 5.56 Å². The van der Waals surface area contributed by atoms with Gasteiger partial charge in [-0.25, -0.2) is 0 Å². The summed E-state index contributed by atoms with van der Waals surface area (Å²) in [5.74, 6) is -0.297. The fraction of sp³-hybridized carbons (Fsp3) is 0.360. The van der Waals surface area contributed by atoms with Crippen LogP contribution < -0.4 is 10.6 Å². The van der Waals surface area contributed by atoms with Crippen LogP contribution in [-0.2, 0) is 13.0 Å². The van der Waals surface area contributed by atoms with E-state index in [9.17, 15) is 15.0 Å². The Morgan fingerprint density at radius 3 is 2.75 bits per heavy atom. The van der Waals surface area contributed by atoms with Crippen molar-refractivity contribution in [1.29, 1.82) is 0 Å². The maximum atomic E-state index is 12.9. The van der Waals surface area contributed by atoms with Crippen molar-refractivity contribution in [3.8, 4) is 33.9 Å². The Morgan fingerprint density at radius 2 is 2.00 bits per heavy atom. The van der Waals surface area contributed by atoms with E-state index in [4.69, 9.17) is 4.52 Å². The summed E-state index contributed by atoms with van der Waals surface area (Å²) in [7, 11) is 0. The van der Waals surface area contributed by atoms with Crippen LogP contribution in [0.1, 0.15) is 60.4 Å². The van der Waals surface area contributed by atoms with E-state index in [1.807, 2.05) is 26.8 Å². The van der Waals surface area contributed by atoms with Gasteiger partial charge in [-0.05, 0) is 53.6 Å². The summed E-state index contributed by atoms with van der Waals surface area (Å²) in [4.78, 5) is 12.9. The molecule has 1 aromatic heterocycles. The number of amides is 1. The molecule has 1 amide bonds. The molecule has 1 aliphatic rings. The fourth-order valence-corrected chi connectivity index (χ4v) is 4.09. The van der Waals surface area contributed by atoms with Gasteiger partial charge in [-0.3, -0.25) is 4.79 Å². The molecule has 4 N–H and O–H groups in total. The zero-order valence-electron chi connectivity index (χ0n) is 18.7. The van der Waals surface area contributed by atoms with Crippen LogP contribution in [0.5, 0.6) is 11.5 Å². The Labute approximate surface area is 187 Å². The maximum absolute atomic E-state index is 12.9. The first-order valence-electron chi connectivity index (χ1n) is 11.1. The Kier molecular flexibility index (Phi) is 6.19. The van der Waals surface area contributed by atoms with Gasteiger partial charge in [-0.15, -0.1) is 0 Å².